The Hall–Kier alpha value is -1.15. The molecule has 3 N–H and O–H groups in total. The van der Waals surface area contributed by atoms with E-state index in [2.05, 4.69) is 0 Å². The average molecular weight is 225 g/mol. The second-order valence-electron chi connectivity index (χ2n) is 2.73. The average Bonchev–Trinajstić information content (AvgIpc) is 1.96. The van der Waals surface area contributed by atoms with Gasteiger partial charge in [-0.2, -0.15) is 0 Å². The minimum Gasteiger partial charge on any atom is -0.479 e. The van der Waals surface area contributed by atoms with Crippen LogP contribution in [-0.4, -0.2) is 55.2 Å². The van der Waals surface area contributed by atoms with E-state index < -0.39 is 40.1 Å². The Labute approximate surface area is 80.7 Å². The smallest absolute Gasteiger partial charge is 0.334 e. The lowest BCUT2D eigenvalue weighted by Gasteiger charge is -2.06. The summed E-state index contributed by atoms with van der Waals surface area (Å²) < 4.78 is 21.2. The molecule has 1 amide bonds. The van der Waals surface area contributed by atoms with Gasteiger partial charge in [0.1, 0.15) is 5.75 Å². The number of hydrogen-bond acceptors (Lipinski definition) is 5. The van der Waals surface area contributed by atoms with Crippen molar-refractivity contribution in [2.45, 2.75) is 6.10 Å². The molecule has 0 aromatic rings. The van der Waals surface area contributed by atoms with Crippen molar-refractivity contribution in [1.29, 1.82) is 0 Å². The molecule has 0 aliphatic carbocycles. The second-order valence-corrected chi connectivity index (χ2v) is 4.87. The first-order chi connectivity index (χ1) is 6.22. The molecular formula is C6H11NO6S. The number of aliphatic hydroxyl groups is 1. The Balaban J connectivity index is 3.93. The van der Waals surface area contributed by atoms with Gasteiger partial charge in [0.2, 0.25) is 5.91 Å². The van der Waals surface area contributed by atoms with Crippen molar-refractivity contribution in [2.24, 2.45) is 0 Å². The summed E-state index contributed by atoms with van der Waals surface area (Å²) in [6, 6.07) is 0. The van der Waals surface area contributed by atoms with E-state index in [1.807, 2.05) is 5.32 Å². The molecule has 14 heavy (non-hydrogen) atoms. The number of amides is 1. The maximum absolute atomic E-state index is 10.8. The van der Waals surface area contributed by atoms with Gasteiger partial charge >= 0.3 is 5.97 Å². The highest BCUT2D eigenvalue weighted by atomic mass is 32.2. The van der Waals surface area contributed by atoms with E-state index >= 15 is 0 Å². The summed E-state index contributed by atoms with van der Waals surface area (Å²) in [5, 5.41) is 18.9. The first kappa shape index (κ1) is 12.8. The van der Waals surface area contributed by atoms with Crippen LogP contribution in [0.25, 0.3) is 0 Å². The van der Waals surface area contributed by atoms with Crippen LogP contribution in [0.4, 0.5) is 0 Å². The van der Waals surface area contributed by atoms with Gasteiger partial charge in [-0.1, -0.05) is 0 Å². The Morgan fingerprint density at radius 1 is 1.43 bits per heavy atom. The van der Waals surface area contributed by atoms with Crippen LogP contribution in [0.1, 0.15) is 0 Å². The minimum absolute atomic E-state index is 0.510. The number of rotatable bonds is 5. The van der Waals surface area contributed by atoms with Crippen LogP contribution in [0.2, 0.25) is 0 Å². The highest BCUT2D eigenvalue weighted by Crippen LogP contribution is 1.84. The van der Waals surface area contributed by atoms with Crippen molar-refractivity contribution < 1.29 is 28.2 Å². The second kappa shape index (κ2) is 4.91. The third-order valence-electron chi connectivity index (χ3n) is 1.17. The van der Waals surface area contributed by atoms with E-state index in [9.17, 15) is 18.0 Å². The molecule has 0 heterocycles. The Bertz CT molecular complexity index is 321. The normalized spacial score (nSPS) is 13.3. The number of hydrogen-bond donors (Lipinski definition) is 3. The third kappa shape index (κ3) is 6.38. The molecule has 0 spiro atoms. The molecule has 0 saturated carbocycles. The summed E-state index contributed by atoms with van der Waals surface area (Å²) in [6.45, 7) is -0.510. The highest BCUT2D eigenvalue weighted by Gasteiger charge is 2.16. The Kier molecular flexibility index (Phi) is 4.51. The fraction of sp³-hybridized carbons (Fsp3) is 0.667. The number of carbonyl (C=O) groups is 2. The molecule has 0 aliphatic heterocycles. The van der Waals surface area contributed by atoms with Crippen molar-refractivity contribution in [2.75, 3.05) is 18.6 Å². The predicted molar refractivity (Wildman–Crippen MR) is 46.4 cm³/mol. The van der Waals surface area contributed by atoms with Gasteiger partial charge in [-0.15, -0.1) is 0 Å². The molecule has 7 nitrogen and oxygen atoms in total. The van der Waals surface area contributed by atoms with E-state index in [0.29, 0.717) is 0 Å². The third-order valence-corrected chi connectivity index (χ3v) is 1.96. The van der Waals surface area contributed by atoms with Gasteiger partial charge in [0.15, 0.2) is 15.9 Å². The molecule has 0 aromatic heterocycles. The number of aliphatic hydroxyl groups excluding tert-OH is 1. The van der Waals surface area contributed by atoms with Crippen molar-refractivity contribution in [3.8, 4) is 0 Å². The molecule has 0 aromatic carbocycles. The first-order valence-electron chi connectivity index (χ1n) is 3.57. The van der Waals surface area contributed by atoms with Gasteiger partial charge in [0, 0.05) is 6.26 Å². The van der Waals surface area contributed by atoms with Crippen LogP contribution in [0, 0.1) is 0 Å². The lowest BCUT2D eigenvalue weighted by molar-refractivity contribution is -0.146. The number of nitrogens with one attached hydrogen (secondary N) is 1. The number of carboxylic acid groups (broad SMARTS) is 1. The topological polar surface area (TPSA) is 121 Å². The summed E-state index contributed by atoms with van der Waals surface area (Å²) in [4.78, 5) is 20.9. The van der Waals surface area contributed by atoms with Crippen LogP contribution < -0.4 is 5.32 Å². The van der Waals surface area contributed by atoms with Crippen LogP contribution in [0.15, 0.2) is 0 Å². The quantitative estimate of drug-likeness (QED) is 0.479. The number of sulfone groups is 1. The number of carbonyl (C=O) groups excluding carboxylic acids is 1. The summed E-state index contributed by atoms with van der Waals surface area (Å²) >= 11 is 0. The molecule has 0 aliphatic rings. The number of carboxylic acids is 1. The molecular weight excluding hydrogens is 214 g/mol. The standard InChI is InChI=1S/C6H11NO6S/c1-14(12,13)3-5(9)7-2-4(8)6(10)11/h4,8H,2-3H2,1H3,(H,7,9)(H,10,11). The Morgan fingerprint density at radius 3 is 2.29 bits per heavy atom. The summed E-state index contributed by atoms with van der Waals surface area (Å²) in [7, 11) is -3.43. The van der Waals surface area contributed by atoms with E-state index in [4.69, 9.17) is 10.2 Å². The van der Waals surface area contributed by atoms with Gasteiger partial charge < -0.3 is 15.5 Å². The molecule has 1 atom stereocenters. The molecule has 82 valence electrons. The largest absolute Gasteiger partial charge is 0.479 e. The summed E-state index contributed by atoms with van der Waals surface area (Å²) in [5.41, 5.74) is 0. The van der Waals surface area contributed by atoms with Crippen molar-refractivity contribution in [1.82, 2.24) is 5.32 Å². The maximum atomic E-state index is 10.8. The zero-order valence-electron chi connectivity index (χ0n) is 7.43. The van der Waals surface area contributed by atoms with Gasteiger partial charge in [-0.25, -0.2) is 13.2 Å². The zero-order chi connectivity index (χ0) is 11.4. The molecule has 0 radical (unpaired) electrons. The van der Waals surface area contributed by atoms with Gasteiger partial charge in [0.25, 0.3) is 0 Å². The van der Waals surface area contributed by atoms with Crippen molar-refractivity contribution >= 4 is 21.7 Å². The van der Waals surface area contributed by atoms with E-state index in [-0.39, 0.29) is 0 Å². The molecule has 0 rings (SSSR count). The van der Waals surface area contributed by atoms with E-state index in [1.165, 1.54) is 0 Å². The lowest BCUT2D eigenvalue weighted by Crippen LogP contribution is -2.38. The van der Waals surface area contributed by atoms with E-state index in [1.54, 1.807) is 0 Å². The fourth-order valence-corrected chi connectivity index (χ4v) is 1.17. The van der Waals surface area contributed by atoms with Crippen molar-refractivity contribution in [3.05, 3.63) is 0 Å². The van der Waals surface area contributed by atoms with E-state index in [0.717, 1.165) is 6.26 Å². The molecule has 0 fully saturated rings. The number of aliphatic carboxylic acids is 1. The maximum Gasteiger partial charge on any atom is 0.334 e. The van der Waals surface area contributed by atoms with Gasteiger partial charge in [-0.3, -0.25) is 4.79 Å². The SMILES string of the molecule is CS(=O)(=O)CC(=O)NCC(O)C(=O)O. The summed E-state index contributed by atoms with van der Waals surface area (Å²) in [6.07, 6.45) is -0.848. The minimum atomic E-state index is -3.43. The first-order valence-corrected chi connectivity index (χ1v) is 5.63. The van der Waals surface area contributed by atoms with Crippen LogP contribution >= 0.6 is 0 Å². The molecule has 0 saturated heterocycles. The van der Waals surface area contributed by atoms with Crippen LogP contribution in [-0.2, 0) is 19.4 Å². The van der Waals surface area contributed by atoms with Gasteiger partial charge in [-0.05, 0) is 0 Å². The molecule has 8 heteroatoms. The molecule has 0 bridgehead atoms. The van der Waals surface area contributed by atoms with Crippen LogP contribution in [0.5, 0.6) is 0 Å². The molecule has 1 unspecified atom stereocenters. The predicted octanol–water partition coefficient (Wildman–Crippen LogP) is -2.41. The Morgan fingerprint density at radius 2 is 1.93 bits per heavy atom. The lowest BCUT2D eigenvalue weighted by atomic mass is 10.3. The monoisotopic (exact) mass is 225 g/mol. The highest BCUT2D eigenvalue weighted by molar-refractivity contribution is 7.91. The van der Waals surface area contributed by atoms with Crippen molar-refractivity contribution in [3.63, 3.8) is 0 Å². The van der Waals surface area contributed by atoms with Gasteiger partial charge in [0.05, 0.1) is 6.54 Å². The van der Waals surface area contributed by atoms with Crippen LogP contribution in [0.3, 0.4) is 0 Å². The zero-order valence-corrected chi connectivity index (χ0v) is 8.24. The summed E-state index contributed by atoms with van der Waals surface area (Å²) in [5.74, 6) is -3.04. The fourth-order valence-electron chi connectivity index (χ4n) is 0.587.